The Kier molecular flexibility index (Phi) is 3.82. The number of nitrogens with two attached hydrogens (primary N) is 2. The molecular formula is C10H12F3N3O. The Morgan fingerprint density at radius 2 is 1.88 bits per heavy atom. The van der Waals surface area contributed by atoms with E-state index in [-0.39, 0.29) is 11.3 Å². The third kappa shape index (κ3) is 4.21. The second kappa shape index (κ2) is 4.94. The normalized spacial score (nSPS) is 11.2. The molecule has 0 spiro atoms. The lowest BCUT2D eigenvalue weighted by Gasteiger charge is -2.08. The van der Waals surface area contributed by atoms with Gasteiger partial charge in [0.15, 0.2) is 0 Å². The molecule has 7 heteroatoms. The quantitative estimate of drug-likeness (QED) is 0.708. The van der Waals surface area contributed by atoms with Gasteiger partial charge in [0.25, 0.3) is 5.91 Å². The first-order valence-electron chi connectivity index (χ1n) is 4.79. The second-order valence-electron chi connectivity index (χ2n) is 3.46. The van der Waals surface area contributed by atoms with Crippen LogP contribution in [0.2, 0.25) is 0 Å². The minimum atomic E-state index is -4.28. The van der Waals surface area contributed by atoms with E-state index in [1.807, 2.05) is 0 Å². The number of carbonyl (C=O) groups is 1. The van der Waals surface area contributed by atoms with Crippen molar-refractivity contribution in [2.45, 2.75) is 12.6 Å². The average molecular weight is 247 g/mol. The third-order valence-electron chi connectivity index (χ3n) is 2.04. The van der Waals surface area contributed by atoms with Crippen LogP contribution in [0.4, 0.5) is 24.5 Å². The molecule has 94 valence electrons. The number of anilines is 2. The van der Waals surface area contributed by atoms with Crippen LogP contribution in [0.1, 0.15) is 16.8 Å². The number of nitrogen functional groups attached to an aromatic ring is 2. The van der Waals surface area contributed by atoms with Gasteiger partial charge < -0.3 is 16.8 Å². The number of alkyl halides is 3. The molecule has 0 heterocycles. The molecule has 1 aromatic carbocycles. The summed E-state index contributed by atoms with van der Waals surface area (Å²) in [6.45, 7) is -0.466. The van der Waals surface area contributed by atoms with Crippen molar-refractivity contribution >= 4 is 17.3 Å². The van der Waals surface area contributed by atoms with Gasteiger partial charge in [-0.15, -0.1) is 0 Å². The van der Waals surface area contributed by atoms with Gasteiger partial charge in [0.2, 0.25) is 0 Å². The minimum Gasteiger partial charge on any atom is -0.397 e. The molecule has 17 heavy (non-hydrogen) atoms. The second-order valence-corrected chi connectivity index (χ2v) is 3.46. The predicted molar refractivity (Wildman–Crippen MR) is 58.3 cm³/mol. The van der Waals surface area contributed by atoms with Gasteiger partial charge in [-0.1, -0.05) is 0 Å². The number of hydrogen-bond acceptors (Lipinski definition) is 3. The van der Waals surface area contributed by atoms with Crippen molar-refractivity contribution in [2.75, 3.05) is 18.0 Å². The van der Waals surface area contributed by atoms with Crippen LogP contribution in [0.3, 0.4) is 0 Å². The number of nitrogens with one attached hydrogen (secondary N) is 1. The van der Waals surface area contributed by atoms with Gasteiger partial charge in [-0.05, 0) is 18.2 Å². The number of benzene rings is 1. The molecule has 1 rings (SSSR count). The molecule has 1 aromatic rings. The van der Waals surface area contributed by atoms with Crippen LogP contribution < -0.4 is 16.8 Å². The zero-order valence-corrected chi connectivity index (χ0v) is 8.84. The Balaban J connectivity index is 2.56. The van der Waals surface area contributed by atoms with Crippen molar-refractivity contribution in [1.29, 1.82) is 0 Å². The van der Waals surface area contributed by atoms with Gasteiger partial charge in [-0.3, -0.25) is 4.79 Å². The number of hydrogen-bond donors (Lipinski definition) is 3. The molecule has 0 aromatic heterocycles. The highest BCUT2D eigenvalue weighted by atomic mass is 19.4. The summed E-state index contributed by atoms with van der Waals surface area (Å²) in [5.74, 6) is -0.610. The maximum absolute atomic E-state index is 11.8. The Morgan fingerprint density at radius 3 is 2.41 bits per heavy atom. The number of rotatable bonds is 3. The first-order valence-corrected chi connectivity index (χ1v) is 4.79. The highest BCUT2D eigenvalue weighted by Crippen LogP contribution is 2.19. The fourth-order valence-corrected chi connectivity index (χ4v) is 1.14. The first-order chi connectivity index (χ1) is 7.79. The van der Waals surface area contributed by atoms with Crippen LogP contribution >= 0.6 is 0 Å². The fourth-order valence-electron chi connectivity index (χ4n) is 1.14. The summed E-state index contributed by atoms with van der Waals surface area (Å²) in [5.41, 5.74) is 11.6. The molecule has 0 aliphatic heterocycles. The Labute approximate surface area is 95.8 Å². The highest BCUT2D eigenvalue weighted by molar-refractivity contribution is 5.95. The molecule has 1 amide bonds. The van der Waals surface area contributed by atoms with E-state index < -0.39 is 25.0 Å². The molecule has 0 radical (unpaired) electrons. The van der Waals surface area contributed by atoms with E-state index in [1.54, 1.807) is 0 Å². The van der Waals surface area contributed by atoms with Gasteiger partial charge in [-0.2, -0.15) is 13.2 Å². The monoisotopic (exact) mass is 247 g/mol. The molecule has 0 saturated carbocycles. The van der Waals surface area contributed by atoms with Crippen molar-refractivity contribution < 1.29 is 18.0 Å². The number of carbonyl (C=O) groups excluding carboxylic acids is 1. The number of amides is 1. The lowest BCUT2D eigenvalue weighted by atomic mass is 10.1. The SMILES string of the molecule is Nc1ccc(C(=O)NCCC(F)(F)F)cc1N. The molecule has 0 fully saturated rings. The van der Waals surface area contributed by atoms with Crippen molar-refractivity contribution in [2.24, 2.45) is 0 Å². The maximum Gasteiger partial charge on any atom is 0.390 e. The molecule has 0 aliphatic rings. The Bertz CT molecular complexity index is 418. The zero-order valence-electron chi connectivity index (χ0n) is 8.84. The van der Waals surface area contributed by atoms with E-state index in [1.165, 1.54) is 18.2 Å². The lowest BCUT2D eigenvalue weighted by molar-refractivity contribution is -0.132. The molecule has 0 aliphatic carbocycles. The largest absolute Gasteiger partial charge is 0.397 e. The molecule has 5 N–H and O–H groups in total. The molecular weight excluding hydrogens is 235 g/mol. The fraction of sp³-hybridized carbons (Fsp3) is 0.300. The van der Waals surface area contributed by atoms with E-state index >= 15 is 0 Å². The standard InChI is InChI=1S/C10H12F3N3O/c11-10(12,13)3-4-16-9(17)6-1-2-7(14)8(15)5-6/h1-2,5H,3-4,14-15H2,(H,16,17). The Hall–Kier alpha value is -1.92. The minimum absolute atomic E-state index is 0.180. The third-order valence-corrected chi connectivity index (χ3v) is 2.04. The lowest BCUT2D eigenvalue weighted by Crippen LogP contribution is -2.28. The maximum atomic E-state index is 11.8. The van der Waals surface area contributed by atoms with E-state index in [4.69, 9.17) is 11.5 Å². The van der Waals surface area contributed by atoms with E-state index in [9.17, 15) is 18.0 Å². The molecule has 0 saturated heterocycles. The van der Waals surface area contributed by atoms with Crippen LogP contribution in [0.25, 0.3) is 0 Å². The Morgan fingerprint density at radius 1 is 1.24 bits per heavy atom. The van der Waals surface area contributed by atoms with Gasteiger partial charge >= 0.3 is 6.18 Å². The van der Waals surface area contributed by atoms with Gasteiger partial charge in [0.1, 0.15) is 0 Å². The summed E-state index contributed by atoms with van der Waals surface area (Å²) in [6.07, 6.45) is -5.35. The molecule has 0 unspecified atom stereocenters. The highest BCUT2D eigenvalue weighted by Gasteiger charge is 2.26. The first kappa shape index (κ1) is 13.1. The summed E-state index contributed by atoms with van der Waals surface area (Å²) in [5, 5.41) is 2.15. The van der Waals surface area contributed by atoms with Crippen LogP contribution in [0.15, 0.2) is 18.2 Å². The van der Waals surface area contributed by atoms with Crippen molar-refractivity contribution in [1.82, 2.24) is 5.32 Å². The topological polar surface area (TPSA) is 81.1 Å². The van der Waals surface area contributed by atoms with Gasteiger partial charge in [0, 0.05) is 12.1 Å². The summed E-state index contributed by atoms with van der Waals surface area (Å²) in [6, 6.07) is 4.14. The molecule has 4 nitrogen and oxygen atoms in total. The van der Waals surface area contributed by atoms with Crippen molar-refractivity contribution in [3.05, 3.63) is 23.8 Å². The van der Waals surface area contributed by atoms with Gasteiger partial charge in [0.05, 0.1) is 17.8 Å². The summed E-state index contributed by atoms with van der Waals surface area (Å²) in [7, 11) is 0. The smallest absolute Gasteiger partial charge is 0.390 e. The van der Waals surface area contributed by atoms with Crippen LogP contribution in [-0.2, 0) is 0 Å². The average Bonchev–Trinajstić information content (AvgIpc) is 2.20. The molecule has 0 atom stereocenters. The number of halogens is 3. The molecule has 0 bridgehead atoms. The summed E-state index contributed by atoms with van der Waals surface area (Å²) >= 11 is 0. The van der Waals surface area contributed by atoms with Crippen LogP contribution in [-0.4, -0.2) is 18.6 Å². The van der Waals surface area contributed by atoms with Crippen molar-refractivity contribution in [3.63, 3.8) is 0 Å². The zero-order chi connectivity index (χ0) is 13.1. The van der Waals surface area contributed by atoms with Crippen LogP contribution in [0.5, 0.6) is 0 Å². The van der Waals surface area contributed by atoms with E-state index in [0.717, 1.165) is 0 Å². The van der Waals surface area contributed by atoms with Gasteiger partial charge in [-0.25, -0.2) is 0 Å². The summed E-state index contributed by atoms with van der Waals surface area (Å²) < 4.78 is 35.5. The summed E-state index contributed by atoms with van der Waals surface area (Å²) in [4.78, 5) is 11.4. The van der Waals surface area contributed by atoms with E-state index in [0.29, 0.717) is 5.69 Å². The predicted octanol–water partition coefficient (Wildman–Crippen LogP) is 1.53. The van der Waals surface area contributed by atoms with Crippen LogP contribution in [0, 0.1) is 0 Å². The van der Waals surface area contributed by atoms with E-state index in [2.05, 4.69) is 5.32 Å². The van der Waals surface area contributed by atoms with Crippen molar-refractivity contribution in [3.8, 4) is 0 Å².